The third-order valence-corrected chi connectivity index (χ3v) is 3.46. The van der Waals surface area contributed by atoms with Crippen molar-refractivity contribution in [2.75, 3.05) is 7.11 Å². The fourth-order valence-electron chi connectivity index (χ4n) is 2.10. The van der Waals surface area contributed by atoms with E-state index in [1.54, 1.807) is 11.8 Å². The highest BCUT2D eigenvalue weighted by Gasteiger charge is 2.20. The van der Waals surface area contributed by atoms with Gasteiger partial charge < -0.3 is 14.8 Å². The first-order chi connectivity index (χ1) is 10.2. The summed E-state index contributed by atoms with van der Waals surface area (Å²) in [6, 6.07) is 6.58. The Balaban J connectivity index is 1.69. The van der Waals surface area contributed by atoms with Crippen LogP contribution in [0.1, 0.15) is 24.1 Å². The highest BCUT2D eigenvalue weighted by molar-refractivity contribution is 5.40. The van der Waals surface area contributed by atoms with Gasteiger partial charge in [0.2, 0.25) is 0 Å². The van der Waals surface area contributed by atoms with E-state index in [0.29, 0.717) is 12.6 Å². The van der Waals surface area contributed by atoms with Gasteiger partial charge in [-0.3, -0.25) is 4.68 Å². The van der Waals surface area contributed by atoms with Gasteiger partial charge in [-0.05, 0) is 18.9 Å². The molecule has 1 fully saturated rings. The maximum Gasteiger partial charge on any atom is 0.134 e. The zero-order valence-corrected chi connectivity index (χ0v) is 12.4. The van der Waals surface area contributed by atoms with Crippen molar-refractivity contribution in [3.63, 3.8) is 0 Å². The van der Waals surface area contributed by atoms with Crippen LogP contribution in [0.15, 0.2) is 24.4 Å². The molecule has 1 aromatic carbocycles. The van der Waals surface area contributed by atoms with Crippen LogP contribution < -0.4 is 14.8 Å². The van der Waals surface area contributed by atoms with Crippen molar-refractivity contribution < 1.29 is 9.47 Å². The second kappa shape index (κ2) is 6.13. The lowest BCUT2D eigenvalue weighted by Crippen LogP contribution is -2.16. The third kappa shape index (κ3) is 3.72. The molecular weight excluding hydrogens is 268 g/mol. The molecule has 6 heteroatoms. The number of nitrogens with zero attached hydrogens (tertiary/aromatic N) is 3. The Bertz CT molecular complexity index is 607. The van der Waals surface area contributed by atoms with Crippen LogP contribution in [-0.2, 0) is 20.2 Å². The quantitative estimate of drug-likeness (QED) is 0.839. The molecule has 2 aromatic rings. The molecule has 0 unspecified atom stereocenters. The number of methoxy groups -OCH3 is 1. The minimum Gasteiger partial charge on any atom is -0.497 e. The number of rotatable bonds is 7. The summed E-state index contributed by atoms with van der Waals surface area (Å²) in [5.41, 5.74) is 1.94. The van der Waals surface area contributed by atoms with Gasteiger partial charge >= 0.3 is 0 Å². The molecule has 0 atom stereocenters. The number of aromatic nitrogens is 3. The van der Waals surface area contributed by atoms with Gasteiger partial charge in [0.1, 0.15) is 23.8 Å². The van der Waals surface area contributed by atoms with Gasteiger partial charge in [-0.1, -0.05) is 11.3 Å². The summed E-state index contributed by atoms with van der Waals surface area (Å²) in [5, 5.41) is 11.4. The van der Waals surface area contributed by atoms with Crippen LogP contribution in [0.25, 0.3) is 0 Å². The number of nitrogens with one attached hydrogen (secondary N) is 1. The molecule has 0 radical (unpaired) electrons. The predicted molar refractivity (Wildman–Crippen MR) is 78.2 cm³/mol. The van der Waals surface area contributed by atoms with Crippen molar-refractivity contribution in [3.05, 3.63) is 35.7 Å². The summed E-state index contributed by atoms with van der Waals surface area (Å²) < 4.78 is 12.8. The van der Waals surface area contributed by atoms with Crippen LogP contribution in [0.5, 0.6) is 11.5 Å². The van der Waals surface area contributed by atoms with Gasteiger partial charge in [-0.25, -0.2) is 0 Å². The second-order valence-corrected chi connectivity index (χ2v) is 5.30. The second-order valence-electron chi connectivity index (χ2n) is 5.30. The minimum atomic E-state index is 0.400. The normalized spacial score (nSPS) is 14.2. The maximum absolute atomic E-state index is 5.90. The molecule has 0 bridgehead atoms. The summed E-state index contributed by atoms with van der Waals surface area (Å²) in [5.74, 6) is 1.62. The van der Waals surface area contributed by atoms with E-state index in [1.807, 2.05) is 31.4 Å². The SMILES string of the molecule is COc1ccc(CNC2CC2)c(OCc2cn(C)nn2)c1. The summed E-state index contributed by atoms with van der Waals surface area (Å²) in [7, 11) is 3.50. The molecule has 3 rings (SSSR count). The molecule has 21 heavy (non-hydrogen) atoms. The maximum atomic E-state index is 5.90. The molecule has 6 nitrogen and oxygen atoms in total. The molecule has 1 aliphatic rings. The van der Waals surface area contributed by atoms with Gasteiger partial charge in [-0.2, -0.15) is 0 Å². The molecule has 0 aliphatic heterocycles. The van der Waals surface area contributed by atoms with E-state index in [9.17, 15) is 0 Å². The van der Waals surface area contributed by atoms with Gasteiger partial charge in [0.05, 0.1) is 13.3 Å². The first kappa shape index (κ1) is 13.9. The van der Waals surface area contributed by atoms with E-state index in [2.05, 4.69) is 15.6 Å². The van der Waals surface area contributed by atoms with Crippen LogP contribution >= 0.6 is 0 Å². The van der Waals surface area contributed by atoms with Crippen molar-refractivity contribution in [2.45, 2.75) is 32.0 Å². The average Bonchev–Trinajstić information content (AvgIpc) is 3.24. The molecule has 1 aliphatic carbocycles. The molecule has 112 valence electrons. The van der Waals surface area contributed by atoms with E-state index in [0.717, 1.165) is 29.3 Å². The molecule has 0 amide bonds. The molecule has 1 saturated carbocycles. The largest absolute Gasteiger partial charge is 0.497 e. The van der Waals surface area contributed by atoms with Crippen molar-refractivity contribution in [2.24, 2.45) is 7.05 Å². The summed E-state index contributed by atoms with van der Waals surface area (Å²) in [6.07, 6.45) is 4.39. The number of benzene rings is 1. The van der Waals surface area contributed by atoms with E-state index >= 15 is 0 Å². The molecule has 1 aromatic heterocycles. The van der Waals surface area contributed by atoms with Gasteiger partial charge in [-0.15, -0.1) is 5.10 Å². The lowest BCUT2D eigenvalue weighted by atomic mass is 10.2. The lowest BCUT2D eigenvalue weighted by molar-refractivity contribution is 0.294. The van der Waals surface area contributed by atoms with Crippen LogP contribution in [0.4, 0.5) is 0 Å². The first-order valence-electron chi connectivity index (χ1n) is 7.13. The van der Waals surface area contributed by atoms with Crippen LogP contribution in [0, 0.1) is 0 Å². The van der Waals surface area contributed by atoms with Gasteiger partial charge in [0.15, 0.2) is 0 Å². The molecule has 0 spiro atoms. The average molecular weight is 288 g/mol. The van der Waals surface area contributed by atoms with Crippen molar-refractivity contribution >= 4 is 0 Å². The minimum absolute atomic E-state index is 0.400. The number of hydrogen-bond acceptors (Lipinski definition) is 5. The fraction of sp³-hybridized carbons (Fsp3) is 0.467. The van der Waals surface area contributed by atoms with E-state index < -0.39 is 0 Å². The Labute approximate surface area is 124 Å². The number of aryl methyl sites for hydroxylation is 1. The Kier molecular flexibility index (Phi) is 4.06. The van der Waals surface area contributed by atoms with E-state index in [4.69, 9.17) is 9.47 Å². The molecular formula is C15H20N4O2. The van der Waals surface area contributed by atoms with Crippen molar-refractivity contribution in [3.8, 4) is 11.5 Å². The highest BCUT2D eigenvalue weighted by atomic mass is 16.5. The predicted octanol–water partition coefficient (Wildman–Crippen LogP) is 1.65. The summed E-state index contributed by atoms with van der Waals surface area (Å²) in [6.45, 7) is 1.21. The number of hydrogen-bond donors (Lipinski definition) is 1. The van der Waals surface area contributed by atoms with Crippen LogP contribution in [0.2, 0.25) is 0 Å². The van der Waals surface area contributed by atoms with Crippen molar-refractivity contribution in [1.29, 1.82) is 0 Å². The lowest BCUT2D eigenvalue weighted by Gasteiger charge is -2.13. The Hall–Kier alpha value is -2.08. The Morgan fingerprint density at radius 2 is 2.24 bits per heavy atom. The monoisotopic (exact) mass is 288 g/mol. The zero-order chi connectivity index (χ0) is 14.7. The Morgan fingerprint density at radius 3 is 2.90 bits per heavy atom. The fourth-order valence-corrected chi connectivity index (χ4v) is 2.10. The van der Waals surface area contributed by atoms with Gasteiger partial charge in [0.25, 0.3) is 0 Å². The third-order valence-electron chi connectivity index (χ3n) is 3.46. The zero-order valence-electron chi connectivity index (χ0n) is 12.4. The van der Waals surface area contributed by atoms with E-state index in [1.165, 1.54) is 12.8 Å². The Morgan fingerprint density at radius 1 is 1.38 bits per heavy atom. The topological polar surface area (TPSA) is 61.2 Å². The molecule has 0 saturated heterocycles. The molecule has 1 N–H and O–H groups in total. The summed E-state index contributed by atoms with van der Waals surface area (Å²) >= 11 is 0. The van der Waals surface area contributed by atoms with Crippen molar-refractivity contribution in [1.82, 2.24) is 20.3 Å². The standard InChI is InChI=1S/C15H20N4O2/c1-19-9-13(17-18-19)10-21-15-7-14(20-2)6-3-11(15)8-16-12-4-5-12/h3,6-7,9,12,16H,4-5,8,10H2,1-2H3. The smallest absolute Gasteiger partial charge is 0.134 e. The summed E-state index contributed by atoms with van der Waals surface area (Å²) in [4.78, 5) is 0. The first-order valence-corrected chi connectivity index (χ1v) is 7.13. The molecule has 1 heterocycles. The van der Waals surface area contributed by atoms with Crippen LogP contribution in [-0.4, -0.2) is 28.1 Å². The van der Waals surface area contributed by atoms with E-state index in [-0.39, 0.29) is 0 Å². The highest BCUT2D eigenvalue weighted by Crippen LogP contribution is 2.27. The van der Waals surface area contributed by atoms with Gasteiger partial charge in [0, 0.05) is 31.3 Å². The van der Waals surface area contributed by atoms with Crippen LogP contribution in [0.3, 0.4) is 0 Å². The number of ether oxygens (including phenoxy) is 2.